The van der Waals surface area contributed by atoms with Crippen LogP contribution in [0.25, 0.3) is 0 Å². The van der Waals surface area contributed by atoms with E-state index in [0.29, 0.717) is 5.56 Å². The lowest BCUT2D eigenvalue weighted by Crippen LogP contribution is -2.07. The van der Waals surface area contributed by atoms with Crippen molar-refractivity contribution < 1.29 is 22.8 Å². The first kappa shape index (κ1) is 15.3. The van der Waals surface area contributed by atoms with Crippen LogP contribution in [0, 0.1) is 5.92 Å². The Morgan fingerprint density at radius 3 is 2.24 bits per heavy atom. The molecule has 0 aliphatic heterocycles. The summed E-state index contributed by atoms with van der Waals surface area (Å²) < 4.78 is 31.2. The van der Waals surface area contributed by atoms with Crippen molar-refractivity contribution in [3.05, 3.63) is 30.1 Å². The molecular formula is C11H12F3NO2. The zero-order chi connectivity index (χ0) is 13.5. The molecule has 0 fully saturated rings. The third-order valence-electron chi connectivity index (χ3n) is 1.60. The van der Waals surface area contributed by atoms with E-state index in [1.54, 1.807) is 24.5 Å². The number of hydrogen-bond donors (Lipinski definition) is 0. The van der Waals surface area contributed by atoms with Crippen molar-refractivity contribution in [2.75, 3.05) is 0 Å². The number of rotatable bonds is 2. The molecule has 1 heterocycles. The second-order valence-electron chi connectivity index (χ2n) is 3.42. The molecule has 94 valence electrons. The molecular weight excluding hydrogens is 235 g/mol. The molecule has 0 spiro atoms. The molecule has 1 aromatic rings. The van der Waals surface area contributed by atoms with Crippen LogP contribution in [0.1, 0.15) is 24.2 Å². The first-order chi connectivity index (χ1) is 7.78. The Morgan fingerprint density at radius 2 is 1.94 bits per heavy atom. The summed E-state index contributed by atoms with van der Waals surface area (Å²) >= 11 is 0. The number of alkyl halides is 3. The summed E-state index contributed by atoms with van der Waals surface area (Å²) in [4.78, 5) is 23.9. The van der Waals surface area contributed by atoms with Gasteiger partial charge in [-0.25, -0.2) is 0 Å². The Labute approximate surface area is 96.7 Å². The molecule has 0 saturated heterocycles. The van der Waals surface area contributed by atoms with Gasteiger partial charge in [-0.1, -0.05) is 13.8 Å². The molecule has 3 nitrogen and oxygen atoms in total. The van der Waals surface area contributed by atoms with Crippen molar-refractivity contribution >= 4 is 12.1 Å². The van der Waals surface area contributed by atoms with E-state index in [1.165, 1.54) is 0 Å². The van der Waals surface area contributed by atoms with Crippen molar-refractivity contribution in [3.8, 4) is 0 Å². The number of aldehydes is 1. The number of ketones is 1. The summed E-state index contributed by atoms with van der Waals surface area (Å²) in [6.07, 6.45) is -2.44. The lowest BCUT2D eigenvalue weighted by molar-refractivity contribution is -0.156. The number of carbonyl (C=O) groups is 2. The fourth-order valence-corrected chi connectivity index (χ4v) is 0.842. The average Bonchev–Trinajstić information content (AvgIpc) is 2.29. The Morgan fingerprint density at radius 1 is 1.41 bits per heavy atom. The molecule has 1 aromatic heterocycles. The van der Waals surface area contributed by atoms with Gasteiger partial charge >= 0.3 is 6.18 Å². The third kappa shape index (κ3) is 7.21. The van der Waals surface area contributed by atoms with Gasteiger partial charge in [0.1, 0.15) is 0 Å². The Balaban J connectivity index is 0.000000366. The smallest absolute Gasteiger partial charge is 0.294 e. The molecule has 1 rings (SSSR count). The molecule has 0 aliphatic rings. The number of aromatic nitrogens is 1. The van der Waals surface area contributed by atoms with Gasteiger partial charge in [0.05, 0.1) is 0 Å². The lowest BCUT2D eigenvalue weighted by atomic mass is 10.0. The van der Waals surface area contributed by atoms with E-state index in [4.69, 9.17) is 4.79 Å². The lowest BCUT2D eigenvalue weighted by Gasteiger charge is -2.01. The Bertz CT molecular complexity index is 361. The van der Waals surface area contributed by atoms with Crippen molar-refractivity contribution in [1.29, 1.82) is 0 Å². The average molecular weight is 247 g/mol. The number of pyridine rings is 1. The number of halogens is 3. The molecule has 0 N–H and O–H groups in total. The molecule has 0 aliphatic carbocycles. The fourth-order valence-electron chi connectivity index (χ4n) is 0.842. The molecule has 0 bridgehead atoms. The van der Waals surface area contributed by atoms with Crippen LogP contribution in [0.3, 0.4) is 0 Å². The summed E-state index contributed by atoms with van der Waals surface area (Å²) in [6.45, 7) is 3.77. The van der Waals surface area contributed by atoms with E-state index in [2.05, 4.69) is 4.98 Å². The van der Waals surface area contributed by atoms with Gasteiger partial charge in [0.25, 0.3) is 0 Å². The molecule has 0 aromatic carbocycles. The Hall–Kier alpha value is -1.72. The zero-order valence-corrected chi connectivity index (χ0v) is 9.36. The van der Waals surface area contributed by atoms with Gasteiger partial charge < -0.3 is 0 Å². The number of carbonyl (C=O) groups excluding carboxylic acids is 2. The minimum absolute atomic E-state index is 0.0548. The normalized spacial score (nSPS) is 10.5. The second-order valence-corrected chi connectivity index (χ2v) is 3.42. The van der Waals surface area contributed by atoms with Gasteiger partial charge in [-0.15, -0.1) is 0 Å². The molecule has 0 radical (unpaired) electrons. The first-order valence-corrected chi connectivity index (χ1v) is 4.75. The standard InChI is InChI=1S/C9H11NO.C2HF3O/c1-7(2)9(11)8-4-3-5-10-6-8;3-2(4,5)1-6/h3-7H,1-2H3;1H. The van der Waals surface area contributed by atoms with E-state index in [-0.39, 0.29) is 11.7 Å². The number of hydrogen-bond acceptors (Lipinski definition) is 3. The first-order valence-electron chi connectivity index (χ1n) is 4.75. The maximum absolute atomic E-state index is 11.3. The van der Waals surface area contributed by atoms with Crippen LogP contribution in [0.5, 0.6) is 0 Å². The van der Waals surface area contributed by atoms with Gasteiger partial charge in [-0.3, -0.25) is 14.6 Å². The molecule has 0 atom stereocenters. The molecule has 0 saturated carbocycles. The number of Topliss-reactive ketones (excluding diaryl/α,β-unsaturated/α-hetero) is 1. The zero-order valence-electron chi connectivity index (χ0n) is 9.36. The van der Waals surface area contributed by atoms with E-state index in [1.807, 2.05) is 13.8 Å². The van der Waals surface area contributed by atoms with Gasteiger partial charge in [0, 0.05) is 23.9 Å². The third-order valence-corrected chi connectivity index (χ3v) is 1.60. The highest BCUT2D eigenvalue weighted by Crippen LogP contribution is 2.08. The monoisotopic (exact) mass is 247 g/mol. The quantitative estimate of drug-likeness (QED) is 0.596. The topological polar surface area (TPSA) is 47.0 Å². The summed E-state index contributed by atoms with van der Waals surface area (Å²) in [7, 11) is 0. The second kappa shape index (κ2) is 6.78. The maximum Gasteiger partial charge on any atom is 0.446 e. The van der Waals surface area contributed by atoms with Crippen molar-refractivity contribution in [2.24, 2.45) is 5.92 Å². The van der Waals surface area contributed by atoms with Gasteiger partial charge in [0.2, 0.25) is 6.29 Å². The van der Waals surface area contributed by atoms with Crippen LogP contribution >= 0.6 is 0 Å². The summed E-state index contributed by atoms with van der Waals surface area (Å²) in [5, 5.41) is 0. The molecule has 6 heteroatoms. The SMILES string of the molecule is CC(C)C(=O)c1cccnc1.O=CC(F)(F)F. The minimum Gasteiger partial charge on any atom is -0.294 e. The molecule has 17 heavy (non-hydrogen) atoms. The highest BCUT2D eigenvalue weighted by molar-refractivity contribution is 5.97. The van der Waals surface area contributed by atoms with Gasteiger partial charge in [-0.05, 0) is 12.1 Å². The summed E-state index contributed by atoms with van der Waals surface area (Å²) in [5.41, 5.74) is 0.697. The van der Waals surface area contributed by atoms with E-state index >= 15 is 0 Å². The van der Waals surface area contributed by atoms with E-state index < -0.39 is 12.5 Å². The minimum atomic E-state index is -4.64. The highest BCUT2D eigenvalue weighted by atomic mass is 19.4. The van der Waals surface area contributed by atoms with Crippen LogP contribution < -0.4 is 0 Å². The highest BCUT2D eigenvalue weighted by Gasteiger charge is 2.24. The number of nitrogens with zero attached hydrogens (tertiary/aromatic N) is 1. The van der Waals surface area contributed by atoms with Crippen LogP contribution in [0.2, 0.25) is 0 Å². The molecule has 0 amide bonds. The van der Waals surface area contributed by atoms with Gasteiger partial charge in [0.15, 0.2) is 5.78 Å². The summed E-state index contributed by atoms with van der Waals surface area (Å²) in [6, 6.07) is 3.56. The predicted molar refractivity (Wildman–Crippen MR) is 55.5 cm³/mol. The van der Waals surface area contributed by atoms with Crippen LogP contribution in [-0.2, 0) is 4.79 Å². The van der Waals surface area contributed by atoms with E-state index in [9.17, 15) is 18.0 Å². The fraction of sp³-hybridized carbons (Fsp3) is 0.364. The Kier molecular flexibility index (Phi) is 6.09. The largest absolute Gasteiger partial charge is 0.446 e. The maximum atomic E-state index is 11.3. The molecule has 0 unspecified atom stereocenters. The predicted octanol–water partition coefficient (Wildman–Crippen LogP) is 2.67. The van der Waals surface area contributed by atoms with E-state index in [0.717, 1.165) is 0 Å². The van der Waals surface area contributed by atoms with Crippen molar-refractivity contribution in [2.45, 2.75) is 20.0 Å². The van der Waals surface area contributed by atoms with Crippen molar-refractivity contribution in [3.63, 3.8) is 0 Å². The van der Waals surface area contributed by atoms with Crippen LogP contribution in [0.4, 0.5) is 13.2 Å². The van der Waals surface area contributed by atoms with Crippen LogP contribution in [0.15, 0.2) is 24.5 Å². The van der Waals surface area contributed by atoms with Crippen LogP contribution in [-0.4, -0.2) is 23.2 Å². The van der Waals surface area contributed by atoms with Crippen molar-refractivity contribution in [1.82, 2.24) is 4.98 Å². The summed E-state index contributed by atoms with van der Waals surface area (Å²) in [5.74, 6) is 0.206. The van der Waals surface area contributed by atoms with Gasteiger partial charge in [-0.2, -0.15) is 13.2 Å².